The van der Waals surface area contributed by atoms with Crippen LogP contribution in [0.15, 0.2) is 35.0 Å². The molecule has 2 aromatic rings. The number of aromatic nitrogens is 1. The molecule has 0 saturated carbocycles. The Kier molecular flexibility index (Phi) is 6.31. The van der Waals surface area contributed by atoms with Gasteiger partial charge in [-0.15, -0.1) is 0 Å². The second kappa shape index (κ2) is 8.88. The first-order valence-corrected chi connectivity index (χ1v) is 9.57. The van der Waals surface area contributed by atoms with Crippen LogP contribution in [0.3, 0.4) is 0 Å². The topological polar surface area (TPSA) is 55.6 Å². The number of ether oxygens (including phenoxy) is 1. The van der Waals surface area contributed by atoms with Crippen molar-refractivity contribution < 1.29 is 14.1 Å². The predicted molar refractivity (Wildman–Crippen MR) is 100 cm³/mol. The average Bonchev–Trinajstić information content (AvgIpc) is 3.15. The van der Waals surface area contributed by atoms with Crippen LogP contribution in [0, 0.1) is 5.92 Å². The van der Waals surface area contributed by atoms with E-state index in [9.17, 15) is 4.79 Å². The molecule has 140 valence electrons. The summed E-state index contributed by atoms with van der Waals surface area (Å²) in [6.07, 6.45) is 7.66. The fourth-order valence-electron chi connectivity index (χ4n) is 3.66. The van der Waals surface area contributed by atoms with Gasteiger partial charge in [-0.1, -0.05) is 24.2 Å². The summed E-state index contributed by atoms with van der Waals surface area (Å²) in [5, 5.41) is 3.83. The summed E-state index contributed by atoms with van der Waals surface area (Å²) >= 11 is 0. The van der Waals surface area contributed by atoms with Crippen LogP contribution in [-0.4, -0.2) is 36.2 Å². The fraction of sp³-hybridized carbons (Fsp3) is 0.524. The molecule has 0 aliphatic carbocycles. The number of nitrogens with zero attached hydrogens (tertiary/aromatic N) is 2. The first-order chi connectivity index (χ1) is 12.7. The highest BCUT2D eigenvalue weighted by atomic mass is 16.5. The quantitative estimate of drug-likeness (QED) is 0.749. The zero-order chi connectivity index (χ0) is 18.4. The summed E-state index contributed by atoms with van der Waals surface area (Å²) in [4.78, 5) is 14.8. The van der Waals surface area contributed by atoms with Crippen molar-refractivity contribution in [1.82, 2.24) is 10.1 Å². The van der Waals surface area contributed by atoms with Gasteiger partial charge >= 0.3 is 0 Å². The molecule has 1 fully saturated rings. The third-order valence-corrected chi connectivity index (χ3v) is 5.16. The molecule has 1 amide bonds. The average molecular weight is 356 g/mol. The summed E-state index contributed by atoms with van der Waals surface area (Å²) in [5.74, 6) is 2.23. The molecule has 0 unspecified atom stereocenters. The number of amides is 1. The number of carbonyl (C=O) groups excluding carboxylic acids is 1. The maximum atomic E-state index is 12.9. The molecular formula is C21H28N2O3. The van der Waals surface area contributed by atoms with Gasteiger partial charge in [0.15, 0.2) is 0 Å². The first kappa shape index (κ1) is 18.5. The van der Waals surface area contributed by atoms with Crippen molar-refractivity contribution in [2.45, 2.75) is 45.4 Å². The van der Waals surface area contributed by atoms with Gasteiger partial charge in [-0.3, -0.25) is 4.79 Å². The van der Waals surface area contributed by atoms with E-state index in [0.717, 1.165) is 56.7 Å². The second-order valence-electron chi connectivity index (χ2n) is 7.06. The van der Waals surface area contributed by atoms with Gasteiger partial charge in [0.1, 0.15) is 17.1 Å². The number of likely N-dealkylation sites (tertiary alicyclic amines) is 1. The van der Waals surface area contributed by atoms with Crippen LogP contribution in [0.25, 0.3) is 0 Å². The molecule has 1 aliphatic heterocycles. The van der Waals surface area contributed by atoms with Crippen LogP contribution >= 0.6 is 0 Å². The lowest BCUT2D eigenvalue weighted by Gasteiger charge is -2.32. The minimum atomic E-state index is 0.0730. The van der Waals surface area contributed by atoms with Crippen molar-refractivity contribution in [2.24, 2.45) is 5.92 Å². The van der Waals surface area contributed by atoms with Gasteiger partial charge in [0.2, 0.25) is 0 Å². The molecule has 0 bridgehead atoms. The van der Waals surface area contributed by atoms with Gasteiger partial charge < -0.3 is 14.2 Å². The molecule has 3 rings (SSSR count). The molecule has 0 radical (unpaired) electrons. The minimum absolute atomic E-state index is 0.0730. The lowest BCUT2D eigenvalue weighted by Crippen LogP contribution is -2.40. The first-order valence-electron chi connectivity index (χ1n) is 9.57. The normalized spacial score (nSPS) is 17.3. The van der Waals surface area contributed by atoms with Gasteiger partial charge in [0.05, 0.1) is 13.3 Å². The van der Waals surface area contributed by atoms with Crippen LogP contribution in [0.5, 0.6) is 5.75 Å². The molecule has 2 heterocycles. The van der Waals surface area contributed by atoms with E-state index in [2.05, 4.69) is 24.2 Å². The Morgan fingerprint density at radius 3 is 2.85 bits per heavy atom. The number of carbonyl (C=O) groups is 1. The van der Waals surface area contributed by atoms with Crippen LogP contribution in [-0.2, 0) is 12.8 Å². The number of benzene rings is 1. The number of methoxy groups -OCH3 is 1. The van der Waals surface area contributed by atoms with Crippen LogP contribution < -0.4 is 4.74 Å². The van der Waals surface area contributed by atoms with Crippen LogP contribution in [0.4, 0.5) is 0 Å². The molecule has 1 aromatic carbocycles. The number of aryl methyl sites for hydroxylation is 2. The standard InChI is InChI=1S/C21H28N2O3/c1-3-5-20-19(14-22-26-20)21(24)23-13-4-6-17(15-23)8-7-16-9-11-18(25-2)12-10-16/h9-12,14,17H,3-8,13,15H2,1-2H3/t17-/m0/s1. The van der Waals surface area contributed by atoms with Crippen molar-refractivity contribution in [3.8, 4) is 5.75 Å². The summed E-state index contributed by atoms with van der Waals surface area (Å²) in [6, 6.07) is 8.26. The third kappa shape index (κ3) is 4.45. The second-order valence-corrected chi connectivity index (χ2v) is 7.06. The highest BCUT2D eigenvalue weighted by Crippen LogP contribution is 2.24. The zero-order valence-corrected chi connectivity index (χ0v) is 15.7. The van der Waals surface area contributed by atoms with E-state index in [4.69, 9.17) is 9.26 Å². The van der Waals surface area contributed by atoms with Crippen molar-refractivity contribution in [1.29, 1.82) is 0 Å². The Balaban J connectivity index is 1.56. The van der Waals surface area contributed by atoms with E-state index in [1.807, 2.05) is 17.0 Å². The summed E-state index contributed by atoms with van der Waals surface area (Å²) in [7, 11) is 1.68. The Labute approximate surface area is 155 Å². The summed E-state index contributed by atoms with van der Waals surface area (Å²) in [6.45, 7) is 3.73. The number of hydrogen-bond donors (Lipinski definition) is 0. The molecule has 5 nitrogen and oxygen atoms in total. The highest BCUT2D eigenvalue weighted by molar-refractivity contribution is 5.94. The molecule has 0 spiro atoms. The summed E-state index contributed by atoms with van der Waals surface area (Å²) in [5.41, 5.74) is 1.96. The van der Waals surface area contributed by atoms with Gasteiger partial charge in [-0.05, 0) is 55.7 Å². The van der Waals surface area contributed by atoms with Gasteiger partial charge in [-0.2, -0.15) is 0 Å². The SMILES string of the molecule is CCCc1oncc1C(=O)N1CCC[C@@H](CCc2ccc(OC)cc2)C1. The van der Waals surface area contributed by atoms with Crippen molar-refractivity contribution in [3.63, 3.8) is 0 Å². The van der Waals surface area contributed by atoms with Gasteiger partial charge in [0, 0.05) is 19.5 Å². The summed E-state index contributed by atoms with van der Waals surface area (Å²) < 4.78 is 10.5. The number of rotatable bonds is 7. The van der Waals surface area contributed by atoms with Gasteiger partial charge in [-0.25, -0.2) is 0 Å². The van der Waals surface area contributed by atoms with E-state index in [-0.39, 0.29) is 5.91 Å². The molecule has 5 heteroatoms. The Morgan fingerprint density at radius 1 is 1.31 bits per heavy atom. The van der Waals surface area contributed by atoms with Crippen molar-refractivity contribution in [3.05, 3.63) is 47.3 Å². The lowest BCUT2D eigenvalue weighted by atomic mass is 9.91. The predicted octanol–water partition coefficient (Wildman–Crippen LogP) is 4.12. The molecule has 1 aromatic heterocycles. The molecule has 0 N–H and O–H groups in total. The highest BCUT2D eigenvalue weighted by Gasteiger charge is 2.27. The Bertz CT molecular complexity index is 708. The van der Waals surface area contributed by atoms with E-state index >= 15 is 0 Å². The number of piperidine rings is 1. The van der Waals surface area contributed by atoms with E-state index < -0.39 is 0 Å². The van der Waals surface area contributed by atoms with E-state index in [1.165, 1.54) is 12.0 Å². The van der Waals surface area contributed by atoms with Crippen LogP contribution in [0.1, 0.15) is 54.3 Å². The van der Waals surface area contributed by atoms with Crippen molar-refractivity contribution >= 4 is 5.91 Å². The molecule has 1 aliphatic rings. The zero-order valence-electron chi connectivity index (χ0n) is 15.7. The Morgan fingerprint density at radius 2 is 2.12 bits per heavy atom. The minimum Gasteiger partial charge on any atom is -0.497 e. The monoisotopic (exact) mass is 356 g/mol. The smallest absolute Gasteiger partial charge is 0.259 e. The van der Waals surface area contributed by atoms with Crippen LogP contribution in [0.2, 0.25) is 0 Å². The molecular weight excluding hydrogens is 328 g/mol. The van der Waals surface area contributed by atoms with Gasteiger partial charge in [0.25, 0.3) is 5.91 Å². The molecule has 1 atom stereocenters. The third-order valence-electron chi connectivity index (χ3n) is 5.16. The fourth-order valence-corrected chi connectivity index (χ4v) is 3.66. The van der Waals surface area contributed by atoms with E-state index in [0.29, 0.717) is 11.5 Å². The maximum absolute atomic E-state index is 12.9. The molecule has 26 heavy (non-hydrogen) atoms. The van der Waals surface area contributed by atoms with E-state index in [1.54, 1.807) is 13.3 Å². The Hall–Kier alpha value is -2.30. The van der Waals surface area contributed by atoms with Crippen molar-refractivity contribution in [2.75, 3.05) is 20.2 Å². The maximum Gasteiger partial charge on any atom is 0.259 e. The number of hydrogen-bond acceptors (Lipinski definition) is 4. The molecule has 1 saturated heterocycles. The lowest BCUT2D eigenvalue weighted by molar-refractivity contribution is 0.0666. The largest absolute Gasteiger partial charge is 0.497 e.